The Morgan fingerprint density at radius 2 is 1.50 bits per heavy atom. The summed E-state index contributed by atoms with van der Waals surface area (Å²) >= 11 is 0. The molecule has 0 amide bonds. The van der Waals surface area contributed by atoms with Crippen molar-refractivity contribution in [1.29, 1.82) is 0 Å². The van der Waals surface area contributed by atoms with Gasteiger partial charge in [0.05, 0.1) is 6.61 Å². The SMILES string of the molecule is CCCCCCCCCC(=O)Oc1ccc(O[C@@H]2O[C@H](CO)[C@@H](O)[C@H](O)[C@H]2O)cc1. The van der Waals surface area contributed by atoms with Gasteiger partial charge in [-0.15, -0.1) is 0 Å². The monoisotopic (exact) mass is 426 g/mol. The van der Waals surface area contributed by atoms with E-state index < -0.39 is 37.3 Å². The van der Waals surface area contributed by atoms with Crippen LogP contribution in [-0.2, 0) is 9.53 Å². The first-order chi connectivity index (χ1) is 14.5. The molecule has 30 heavy (non-hydrogen) atoms. The Kier molecular flexibility index (Phi) is 10.5. The number of ether oxygens (including phenoxy) is 3. The number of aliphatic hydroxyl groups excluding tert-OH is 4. The van der Waals surface area contributed by atoms with Crippen molar-refractivity contribution in [3.63, 3.8) is 0 Å². The van der Waals surface area contributed by atoms with Crippen LogP contribution < -0.4 is 9.47 Å². The molecular formula is C22H34O8. The quantitative estimate of drug-likeness (QED) is 0.227. The van der Waals surface area contributed by atoms with E-state index in [0.29, 0.717) is 17.9 Å². The third kappa shape index (κ3) is 7.52. The molecule has 0 radical (unpaired) electrons. The van der Waals surface area contributed by atoms with Crippen LogP contribution in [0.25, 0.3) is 0 Å². The van der Waals surface area contributed by atoms with Crippen molar-refractivity contribution in [3.8, 4) is 11.5 Å². The van der Waals surface area contributed by atoms with Gasteiger partial charge in [-0.3, -0.25) is 4.79 Å². The van der Waals surface area contributed by atoms with E-state index in [1.54, 1.807) is 12.1 Å². The Morgan fingerprint density at radius 1 is 0.900 bits per heavy atom. The minimum absolute atomic E-state index is 0.286. The molecule has 170 valence electrons. The van der Waals surface area contributed by atoms with E-state index >= 15 is 0 Å². The molecule has 1 aromatic rings. The van der Waals surface area contributed by atoms with Gasteiger partial charge < -0.3 is 34.6 Å². The van der Waals surface area contributed by atoms with Crippen LogP contribution in [-0.4, -0.2) is 63.7 Å². The fraction of sp³-hybridized carbons (Fsp3) is 0.682. The topological polar surface area (TPSA) is 126 Å². The Hall–Kier alpha value is -1.71. The molecule has 1 heterocycles. The number of unbranched alkanes of at least 4 members (excludes halogenated alkanes) is 6. The van der Waals surface area contributed by atoms with Crippen LogP contribution in [0.3, 0.4) is 0 Å². The van der Waals surface area contributed by atoms with E-state index in [0.717, 1.165) is 19.3 Å². The third-order valence-electron chi connectivity index (χ3n) is 5.14. The van der Waals surface area contributed by atoms with Crippen molar-refractivity contribution in [1.82, 2.24) is 0 Å². The van der Waals surface area contributed by atoms with Crippen molar-refractivity contribution in [3.05, 3.63) is 24.3 Å². The molecule has 2 rings (SSSR count). The highest BCUT2D eigenvalue weighted by molar-refractivity contribution is 5.72. The summed E-state index contributed by atoms with van der Waals surface area (Å²) < 4.78 is 16.1. The number of aliphatic hydroxyl groups is 4. The van der Waals surface area contributed by atoms with E-state index in [9.17, 15) is 25.2 Å². The van der Waals surface area contributed by atoms with Gasteiger partial charge in [0, 0.05) is 6.42 Å². The van der Waals surface area contributed by atoms with Gasteiger partial charge in [-0.2, -0.15) is 0 Å². The van der Waals surface area contributed by atoms with E-state index in [4.69, 9.17) is 14.2 Å². The van der Waals surface area contributed by atoms with E-state index in [1.807, 2.05) is 0 Å². The number of benzene rings is 1. The highest BCUT2D eigenvalue weighted by atomic mass is 16.7. The van der Waals surface area contributed by atoms with Crippen molar-refractivity contribution < 1.29 is 39.4 Å². The van der Waals surface area contributed by atoms with Crippen LogP contribution in [0, 0.1) is 0 Å². The maximum absolute atomic E-state index is 11.9. The summed E-state index contributed by atoms with van der Waals surface area (Å²) in [5.74, 6) is 0.404. The summed E-state index contributed by atoms with van der Waals surface area (Å²) in [7, 11) is 0. The molecule has 5 atom stereocenters. The van der Waals surface area contributed by atoms with Crippen LogP contribution in [0.4, 0.5) is 0 Å². The van der Waals surface area contributed by atoms with Gasteiger partial charge in [-0.05, 0) is 30.7 Å². The number of hydrogen-bond donors (Lipinski definition) is 4. The first kappa shape index (κ1) is 24.6. The smallest absolute Gasteiger partial charge is 0.311 e. The molecule has 1 aromatic carbocycles. The molecule has 1 aliphatic rings. The predicted octanol–water partition coefficient (Wildman–Crippen LogP) is 1.91. The van der Waals surface area contributed by atoms with Crippen molar-refractivity contribution >= 4 is 5.97 Å². The zero-order valence-electron chi connectivity index (χ0n) is 17.5. The van der Waals surface area contributed by atoms with Crippen LogP contribution in [0.2, 0.25) is 0 Å². The van der Waals surface area contributed by atoms with Gasteiger partial charge in [-0.1, -0.05) is 45.4 Å². The summed E-state index contributed by atoms with van der Waals surface area (Å²) in [6, 6.07) is 6.19. The van der Waals surface area contributed by atoms with E-state index in [1.165, 1.54) is 37.8 Å². The molecule has 1 aliphatic heterocycles. The van der Waals surface area contributed by atoms with Crippen LogP contribution in [0.15, 0.2) is 24.3 Å². The Bertz CT molecular complexity index is 618. The molecule has 4 N–H and O–H groups in total. The number of hydrogen-bond acceptors (Lipinski definition) is 8. The molecule has 8 heteroatoms. The van der Waals surface area contributed by atoms with Gasteiger partial charge in [0.15, 0.2) is 0 Å². The van der Waals surface area contributed by atoms with Gasteiger partial charge in [-0.25, -0.2) is 0 Å². The minimum atomic E-state index is -1.51. The molecule has 1 fully saturated rings. The molecule has 0 aliphatic carbocycles. The molecule has 8 nitrogen and oxygen atoms in total. The average molecular weight is 427 g/mol. The number of carbonyl (C=O) groups is 1. The minimum Gasteiger partial charge on any atom is -0.462 e. The lowest BCUT2D eigenvalue weighted by Gasteiger charge is -2.39. The van der Waals surface area contributed by atoms with Gasteiger partial charge in [0.25, 0.3) is 0 Å². The first-order valence-electron chi connectivity index (χ1n) is 10.7. The maximum Gasteiger partial charge on any atom is 0.311 e. The normalized spacial score (nSPS) is 26.4. The molecule has 0 spiro atoms. The van der Waals surface area contributed by atoms with Crippen molar-refractivity contribution in [2.75, 3.05) is 6.61 Å². The van der Waals surface area contributed by atoms with Crippen LogP contribution >= 0.6 is 0 Å². The summed E-state index contributed by atoms with van der Waals surface area (Å²) in [6.45, 7) is 1.66. The second kappa shape index (κ2) is 12.9. The average Bonchev–Trinajstić information content (AvgIpc) is 2.74. The summed E-state index contributed by atoms with van der Waals surface area (Å²) in [5.41, 5.74) is 0. The highest BCUT2D eigenvalue weighted by Gasteiger charge is 2.44. The fourth-order valence-corrected chi connectivity index (χ4v) is 3.29. The lowest BCUT2D eigenvalue weighted by Crippen LogP contribution is -2.60. The van der Waals surface area contributed by atoms with Crippen LogP contribution in [0.5, 0.6) is 11.5 Å². The zero-order valence-corrected chi connectivity index (χ0v) is 17.5. The van der Waals surface area contributed by atoms with Crippen molar-refractivity contribution in [2.24, 2.45) is 0 Å². The number of rotatable bonds is 12. The summed E-state index contributed by atoms with van der Waals surface area (Å²) in [6.07, 6.45) is 1.54. The molecule has 0 aromatic heterocycles. The fourth-order valence-electron chi connectivity index (χ4n) is 3.29. The third-order valence-corrected chi connectivity index (χ3v) is 5.14. The molecule has 0 unspecified atom stereocenters. The van der Waals surface area contributed by atoms with Gasteiger partial charge >= 0.3 is 5.97 Å². The lowest BCUT2D eigenvalue weighted by atomic mass is 9.99. The lowest BCUT2D eigenvalue weighted by molar-refractivity contribution is -0.277. The predicted molar refractivity (Wildman–Crippen MR) is 109 cm³/mol. The van der Waals surface area contributed by atoms with Gasteiger partial charge in [0.1, 0.15) is 35.9 Å². The molecular weight excluding hydrogens is 392 g/mol. The van der Waals surface area contributed by atoms with Crippen molar-refractivity contribution in [2.45, 2.75) is 89.0 Å². The molecule has 0 bridgehead atoms. The van der Waals surface area contributed by atoms with E-state index in [-0.39, 0.29) is 5.97 Å². The number of carbonyl (C=O) groups excluding carboxylic acids is 1. The second-order valence-electron chi connectivity index (χ2n) is 7.63. The Balaban J connectivity index is 1.74. The standard InChI is InChI=1S/C22H34O8/c1-2-3-4-5-6-7-8-9-18(24)28-15-10-12-16(13-11-15)29-22-21(27)20(26)19(25)17(14-23)30-22/h10-13,17,19-23,25-27H,2-9,14H2,1H3/t17-,19-,20+,21-,22-/m1/s1. The van der Waals surface area contributed by atoms with Gasteiger partial charge in [0.2, 0.25) is 6.29 Å². The number of esters is 1. The highest BCUT2D eigenvalue weighted by Crippen LogP contribution is 2.25. The van der Waals surface area contributed by atoms with Crippen LogP contribution in [0.1, 0.15) is 58.3 Å². The second-order valence-corrected chi connectivity index (χ2v) is 7.63. The summed E-state index contributed by atoms with van der Waals surface area (Å²) in [5, 5.41) is 38.8. The summed E-state index contributed by atoms with van der Waals surface area (Å²) in [4.78, 5) is 11.9. The van der Waals surface area contributed by atoms with E-state index in [2.05, 4.69) is 6.92 Å². The zero-order chi connectivity index (χ0) is 21.9. The molecule has 0 saturated carbocycles. The Morgan fingerprint density at radius 3 is 2.13 bits per heavy atom. The largest absolute Gasteiger partial charge is 0.462 e. The Labute approximate surface area is 177 Å². The maximum atomic E-state index is 11.9. The molecule has 1 saturated heterocycles. The first-order valence-corrected chi connectivity index (χ1v) is 10.7.